The summed E-state index contributed by atoms with van der Waals surface area (Å²) in [7, 11) is -3.35. The maximum absolute atomic E-state index is 11.6. The van der Waals surface area contributed by atoms with Crippen molar-refractivity contribution >= 4 is 15.7 Å². The van der Waals surface area contributed by atoms with E-state index in [0.29, 0.717) is 6.42 Å². The SMILES string of the molecule is C[C@H](C(=O)N[C@@H](C)Cc1ccco1)S(C)(=O)=O. The average Bonchev–Trinajstić information content (AvgIpc) is 2.67. The Kier molecular flexibility index (Phi) is 4.34. The average molecular weight is 259 g/mol. The van der Waals surface area contributed by atoms with Crippen LogP contribution in [0.4, 0.5) is 0 Å². The van der Waals surface area contributed by atoms with Gasteiger partial charge >= 0.3 is 0 Å². The van der Waals surface area contributed by atoms with Crippen LogP contribution in [-0.4, -0.2) is 31.9 Å². The van der Waals surface area contributed by atoms with E-state index in [-0.39, 0.29) is 6.04 Å². The van der Waals surface area contributed by atoms with E-state index >= 15 is 0 Å². The van der Waals surface area contributed by atoms with Crippen LogP contribution >= 0.6 is 0 Å². The van der Waals surface area contributed by atoms with E-state index in [4.69, 9.17) is 4.42 Å². The van der Waals surface area contributed by atoms with Crippen LogP contribution < -0.4 is 5.32 Å². The van der Waals surface area contributed by atoms with Gasteiger partial charge in [-0.3, -0.25) is 4.79 Å². The maximum atomic E-state index is 11.6. The molecule has 6 heteroatoms. The van der Waals surface area contributed by atoms with Crippen molar-refractivity contribution in [3.8, 4) is 0 Å². The Morgan fingerprint density at radius 3 is 2.59 bits per heavy atom. The summed E-state index contributed by atoms with van der Waals surface area (Å²) in [5.74, 6) is 0.274. The molecule has 0 saturated carbocycles. The molecule has 0 fully saturated rings. The van der Waals surface area contributed by atoms with Crippen LogP contribution in [0, 0.1) is 0 Å². The fraction of sp³-hybridized carbons (Fsp3) is 0.545. The molecule has 1 heterocycles. The van der Waals surface area contributed by atoms with Gasteiger partial charge in [-0.1, -0.05) is 0 Å². The number of sulfone groups is 1. The van der Waals surface area contributed by atoms with Gasteiger partial charge in [0.2, 0.25) is 5.91 Å². The quantitative estimate of drug-likeness (QED) is 0.847. The molecule has 17 heavy (non-hydrogen) atoms. The molecule has 1 amide bonds. The van der Waals surface area contributed by atoms with Crippen LogP contribution in [-0.2, 0) is 21.1 Å². The van der Waals surface area contributed by atoms with Crippen molar-refractivity contribution in [2.45, 2.75) is 31.6 Å². The third kappa shape index (κ3) is 4.22. The van der Waals surface area contributed by atoms with Gasteiger partial charge < -0.3 is 9.73 Å². The Morgan fingerprint density at radius 2 is 2.12 bits per heavy atom. The second-order valence-electron chi connectivity index (χ2n) is 4.16. The van der Waals surface area contributed by atoms with E-state index in [1.807, 2.05) is 6.07 Å². The van der Waals surface area contributed by atoms with Crippen molar-refractivity contribution in [3.05, 3.63) is 24.2 Å². The number of amides is 1. The third-order valence-corrected chi connectivity index (χ3v) is 3.99. The Balaban J connectivity index is 2.52. The summed E-state index contributed by atoms with van der Waals surface area (Å²) in [6.07, 6.45) is 3.15. The largest absolute Gasteiger partial charge is 0.469 e. The van der Waals surface area contributed by atoms with Crippen LogP contribution in [0.15, 0.2) is 22.8 Å². The Hall–Kier alpha value is -1.30. The Labute approximate surface area is 101 Å². The van der Waals surface area contributed by atoms with E-state index in [0.717, 1.165) is 12.0 Å². The summed E-state index contributed by atoms with van der Waals surface area (Å²) in [5, 5.41) is 1.62. The molecule has 1 N–H and O–H groups in total. The number of hydrogen-bond acceptors (Lipinski definition) is 4. The van der Waals surface area contributed by atoms with E-state index < -0.39 is 21.0 Å². The standard InChI is InChI=1S/C11H17NO4S/c1-8(7-10-5-4-6-16-10)12-11(13)9(2)17(3,14)15/h4-6,8-9H,7H2,1-3H3,(H,12,13)/t8-,9+/m0/s1. The Bertz CT molecular complexity index is 464. The molecule has 1 aromatic rings. The Morgan fingerprint density at radius 1 is 1.47 bits per heavy atom. The second-order valence-corrected chi connectivity index (χ2v) is 6.53. The summed E-state index contributed by atoms with van der Waals surface area (Å²) >= 11 is 0. The van der Waals surface area contributed by atoms with Gasteiger partial charge in [-0.2, -0.15) is 0 Å². The lowest BCUT2D eigenvalue weighted by atomic mass is 10.2. The van der Waals surface area contributed by atoms with Crippen molar-refractivity contribution in [2.24, 2.45) is 0 Å². The highest BCUT2D eigenvalue weighted by Crippen LogP contribution is 2.05. The molecule has 1 rings (SSSR count). The highest BCUT2D eigenvalue weighted by molar-refractivity contribution is 7.92. The predicted molar refractivity (Wildman–Crippen MR) is 64.3 cm³/mol. The zero-order chi connectivity index (χ0) is 13.1. The summed E-state index contributed by atoms with van der Waals surface area (Å²) in [5.41, 5.74) is 0. The lowest BCUT2D eigenvalue weighted by molar-refractivity contribution is -0.121. The van der Waals surface area contributed by atoms with Gasteiger partial charge in [0, 0.05) is 18.7 Å². The fourth-order valence-electron chi connectivity index (χ4n) is 1.34. The third-order valence-electron chi connectivity index (χ3n) is 2.49. The van der Waals surface area contributed by atoms with Crippen LogP contribution in [0.5, 0.6) is 0 Å². The van der Waals surface area contributed by atoms with Gasteiger partial charge in [0.1, 0.15) is 11.0 Å². The zero-order valence-corrected chi connectivity index (χ0v) is 11.0. The first-order valence-electron chi connectivity index (χ1n) is 5.32. The summed E-state index contributed by atoms with van der Waals surface area (Å²) in [6, 6.07) is 3.41. The van der Waals surface area contributed by atoms with Gasteiger partial charge in [0.05, 0.1) is 6.26 Å². The molecule has 0 aromatic carbocycles. The zero-order valence-electron chi connectivity index (χ0n) is 10.1. The number of carbonyl (C=O) groups excluding carboxylic acids is 1. The molecule has 0 radical (unpaired) electrons. The van der Waals surface area contributed by atoms with Crippen molar-refractivity contribution in [3.63, 3.8) is 0 Å². The molecular weight excluding hydrogens is 242 g/mol. The van der Waals surface area contributed by atoms with E-state index in [1.54, 1.807) is 19.3 Å². The smallest absolute Gasteiger partial charge is 0.238 e. The summed E-state index contributed by atoms with van der Waals surface area (Å²) in [6.45, 7) is 3.18. The van der Waals surface area contributed by atoms with Gasteiger partial charge in [0.15, 0.2) is 9.84 Å². The van der Waals surface area contributed by atoms with Crippen molar-refractivity contribution in [1.82, 2.24) is 5.32 Å². The number of furan rings is 1. The molecule has 0 spiro atoms. The summed E-state index contributed by atoms with van der Waals surface area (Å²) < 4.78 is 27.5. The molecule has 0 aliphatic rings. The molecule has 0 saturated heterocycles. The molecular formula is C11H17NO4S. The lowest BCUT2D eigenvalue weighted by Gasteiger charge is -2.15. The van der Waals surface area contributed by atoms with E-state index in [2.05, 4.69) is 5.32 Å². The monoisotopic (exact) mass is 259 g/mol. The predicted octanol–water partition coefficient (Wildman–Crippen LogP) is 0.760. The minimum Gasteiger partial charge on any atom is -0.469 e. The van der Waals surface area contributed by atoms with Gasteiger partial charge in [-0.15, -0.1) is 0 Å². The van der Waals surface area contributed by atoms with Gasteiger partial charge in [-0.05, 0) is 26.0 Å². The maximum Gasteiger partial charge on any atom is 0.238 e. The molecule has 96 valence electrons. The van der Waals surface area contributed by atoms with E-state index in [1.165, 1.54) is 6.92 Å². The molecule has 2 atom stereocenters. The number of hydrogen-bond donors (Lipinski definition) is 1. The molecule has 1 aromatic heterocycles. The number of nitrogens with one attached hydrogen (secondary N) is 1. The fourth-order valence-corrected chi connectivity index (χ4v) is 1.79. The van der Waals surface area contributed by atoms with Crippen LogP contribution in [0.2, 0.25) is 0 Å². The van der Waals surface area contributed by atoms with Crippen LogP contribution in [0.1, 0.15) is 19.6 Å². The van der Waals surface area contributed by atoms with E-state index in [9.17, 15) is 13.2 Å². The first kappa shape index (κ1) is 13.8. The number of rotatable bonds is 5. The van der Waals surface area contributed by atoms with Crippen molar-refractivity contribution in [2.75, 3.05) is 6.26 Å². The highest BCUT2D eigenvalue weighted by Gasteiger charge is 2.24. The number of carbonyl (C=O) groups is 1. The minimum atomic E-state index is -3.35. The van der Waals surface area contributed by atoms with Crippen LogP contribution in [0.3, 0.4) is 0 Å². The van der Waals surface area contributed by atoms with Gasteiger partial charge in [0.25, 0.3) is 0 Å². The topological polar surface area (TPSA) is 76.4 Å². The first-order valence-corrected chi connectivity index (χ1v) is 7.27. The van der Waals surface area contributed by atoms with Gasteiger partial charge in [-0.25, -0.2) is 8.42 Å². The first-order chi connectivity index (χ1) is 7.80. The second kappa shape index (κ2) is 5.35. The molecule has 0 aliphatic heterocycles. The minimum absolute atomic E-state index is 0.169. The van der Waals surface area contributed by atoms with Crippen molar-refractivity contribution < 1.29 is 17.6 Å². The molecule has 5 nitrogen and oxygen atoms in total. The molecule has 0 unspecified atom stereocenters. The summed E-state index contributed by atoms with van der Waals surface area (Å²) in [4.78, 5) is 11.6. The van der Waals surface area contributed by atoms with Crippen molar-refractivity contribution in [1.29, 1.82) is 0 Å². The normalized spacial score (nSPS) is 15.2. The molecule has 0 aliphatic carbocycles. The lowest BCUT2D eigenvalue weighted by Crippen LogP contribution is -2.42. The van der Waals surface area contributed by atoms with Crippen LogP contribution in [0.25, 0.3) is 0 Å². The highest BCUT2D eigenvalue weighted by atomic mass is 32.2. The molecule has 0 bridgehead atoms.